The van der Waals surface area contributed by atoms with Gasteiger partial charge >= 0.3 is 0 Å². The molecule has 0 bridgehead atoms. The van der Waals surface area contributed by atoms with Crippen molar-refractivity contribution < 1.29 is 9.53 Å². The lowest BCUT2D eigenvalue weighted by Crippen LogP contribution is -2.30. The van der Waals surface area contributed by atoms with Gasteiger partial charge in [-0.05, 0) is 55.1 Å². The van der Waals surface area contributed by atoms with Gasteiger partial charge in [0.25, 0.3) is 5.91 Å². The summed E-state index contributed by atoms with van der Waals surface area (Å²) in [5, 5.41) is 0. The van der Waals surface area contributed by atoms with E-state index in [2.05, 4.69) is 15.4 Å². The van der Waals surface area contributed by atoms with E-state index in [4.69, 9.17) is 16.3 Å². The maximum Gasteiger partial charge on any atom is 0.265 e. The molecule has 2 aromatic rings. The minimum Gasteiger partial charge on any atom is -0.437 e. The zero-order chi connectivity index (χ0) is 19.8. The summed E-state index contributed by atoms with van der Waals surface area (Å²) in [6.45, 7) is 0.545. The lowest BCUT2D eigenvalue weighted by Gasteiger charge is -2.12. The Morgan fingerprint density at radius 2 is 2.07 bits per heavy atom. The summed E-state index contributed by atoms with van der Waals surface area (Å²) in [4.78, 5) is 20.5. The second kappa shape index (κ2) is 9.59. The number of nitrogens with zero attached hydrogens (tertiary/aromatic N) is 2. The Bertz CT molecular complexity index is 934. The number of nitrogen functional groups attached to an aromatic ring is 1. The lowest BCUT2D eigenvalue weighted by molar-refractivity contribution is 0.0952. The molecule has 7 nitrogen and oxygen atoms in total. The zero-order valence-electron chi connectivity index (χ0n) is 15.5. The number of aliphatic imine (C=N–C) groups is 1. The smallest absolute Gasteiger partial charge is 0.265 e. The van der Waals surface area contributed by atoms with Crippen molar-refractivity contribution in [3.8, 4) is 16.9 Å². The van der Waals surface area contributed by atoms with E-state index in [1.165, 1.54) is 0 Å². The summed E-state index contributed by atoms with van der Waals surface area (Å²) in [5.41, 5.74) is 11.1. The van der Waals surface area contributed by atoms with Gasteiger partial charge in [0.2, 0.25) is 5.90 Å². The third-order valence-corrected chi connectivity index (χ3v) is 4.24. The van der Waals surface area contributed by atoms with E-state index in [0.717, 1.165) is 29.5 Å². The Labute approximate surface area is 163 Å². The van der Waals surface area contributed by atoms with Crippen LogP contribution in [-0.4, -0.2) is 23.3 Å². The maximum atomic E-state index is 12.0. The summed E-state index contributed by atoms with van der Waals surface area (Å²) in [5.74, 6) is 6.07. The molecule has 1 aromatic carbocycles. The van der Waals surface area contributed by atoms with Crippen molar-refractivity contribution in [3.05, 3.63) is 72.2 Å². The molecule has 0 aliphatic carbocycles. The summed E-state index contributed by atoms with van der Waals surface area (Å²) in [6.07, 6.45) is 13.1. The molecule has 3 rings (SSSR count). The number of pyridine rings is 1. The zero-order valence-corrected chi connectivity index (χ0v) is 15.5. The van der Waals surface area contributed by atoms with Crippen molar-refractivity contribution in [2.75, 3.05) is 6.54 Å². The highest BCUT2D eigenvalue weighted by molar-refractivity contribution is 5.96. The molecular weight excluding hydrogens is 354 g/mol. The second-order valence-corrected chi connectivity index (χ2v) is 6.24. The Kier molecular flexibility index (Phi) is 6.67. The number of aromatic nitrogens is 1. The van der Waals surface area contributed by atoms with E-state index in [1.54, 1.807) is 24.7 Å². The number of amides is 1. The molecule has 0 atom stereocenters. The van der Waals surface area contributed by atoms with Gasteiger partial charge in [-0.3, -0.25) is 15.2 Å². The molecule has 28 heavy (non-hydrogen) atoms. The maximum absolute atomic E-state index is 12.0. The normalized spacial score (nSPS) is 13.0. The highest BCUT2D eigenvalue weighted by Crippen LogP contribution is 2.26. The third kappa shape index (κ3) is 4.91. The van der Waals surface area contributed by atoms with Crippen molar-refractivity contribution in [2.24, 2.45) is 16.6 Å². The fourth-order valence-corrected chi connectivity index (χ4v) is 2.86. The van der Waals surface area contributed by atoms with Gasteiger partial charge in [0, 0.05) is 23.5 Å². The van der Waals surface area contributed by atoms with Crippen molar-refractivity contribution in [1.29, 1.82) is 0 Å². The van der Waals surface area contributed by atoms with Crippen LogP contribution in [0.2, 0.25) is 0 Å². The van der Waals surface area contributed by atoms with Crippen molar-refractivity contribution in [3.63, 3.8) is 0 Å². The number of rotatable bonds is 6. The average molecular weight is 377 g/mol. The number of benzene rings is 1. The molecule has 1 aromatic heterocycles. The molecule has 2 heterocycles. The fraction of sp³-hybridized carbons (Fsp3) is 0.190. The first-order valence-electron chi connectivity index (χ1n) is 9.08. The highest BCUT2D eigenvalue weighted by atomic mass is 16.5. The number of carbonyl (C=O) groups is 1. The molecule has 1 aliphatic rings. The van der Waals surface area contributed by atoms with Gasteiger partial charge in [0.05, 0.1) is 6.20 Å². The molecule has 1 amide bonds. The number of hydrazine groups is 1. The van der Waals surface area contributed by atoms with E-state index in [9.17, 15) is 4.79 Å². The van der Waals surface area contributed by atoms with Crippen molar-refractivity contribution in [2.45, 2.75) is 19.3 Å². The Balaban J connectivity index is 1.89. The number of allylic oxidation sites excluding steroid dienone is 2. The van der Waals surface area contributed by atoms with E-state index < -0.39 is 0 Å². The summed E-state index contributed by atoms with van der Waals surface area (Å²) in [7, 11) is 0. The van der Waals surface area contributed by atoms with Gasteiger partial charge in [-0.25, -0.2) is 10.8 Å². The summed E-state index contributed by atoms with van der Waals surface area (Å²) < 4.78 is 5.82. The molecule has 0 saturated carbocycles. The quantitative estimate of drug-likeness (QED) is 0.406. The first kappa shape index (κ1) is 19.5. The number of aryl methyl sites for hydroxylation is 1. The van der Waals surface area contributed by atoms with Crippen molar-refractivity contribution in [1.82, 2.24) is 10.4 Å². The van der Waals surface area contributed by atoms with E-state index in [0.29, 0.717) is 30.2 Å². The first-order chi connectivity index (χ1) is 13.7. The molecule has 144 valence electrons. The SMILES string of the molecule is NCCCc1cc(-c2cncc(OC3=NC=CCC=C3)c2)ccc1C(=O)NN. The molecule has 1 aliphatic heterocycles. The molecule has 0 fully saturated rings. The Morgan fingerprint density at radius 3 is 2.89 bits per heavy atom. The Morgan fingerprint density at radius 1 is 1.18 bits per heavy atom. The predicted octanol–water partition coefficient (Wildman–Crippen LogP) is 2.49. The van der Waals surface area contributed by atoms with Gasteiger partial charge < -0.3 is 10.5 Å². The number of hydrogen-bond donors (Lipinski definition) is 3. The molecule has 5 N–H and O–H groups in total. The standard InChI is InChI=1S/C21H23N5O2/c22-9-4-5-16-11-15(7-8-19(16)21(27)26-23)17-12-18(14-24-13-17)28-20-6-2-1-3-10-25-20/h2-3,6-8,10-14H,1,4-5,9,22-23H2,(H,26,27). The van der Waals surface area contributed by atoms with Crippen LogP contribution in [0.1, 0.15) is 28.8 Å². The molecule has 0 saturated heterocycles. The first-order valence-corrected chi connectivity index (χ1v) is 9.08. The van der Waals surface area contributed by atoms with Crippen LogP contribution in [0, 0.1) is 0 Å². The third-order valence-electron chi connectivity index (χ3n) is 4.24. The largest absolute Gasteiger partial charge is 0.437 e. The summed E-state index contributed by atoms with van der Waals surface area (Å²) >= 11 is 0. The molecule has 0 unspecified atom stereocenters. The summed E-state index contributed by atoms with van der Waals surface area (Å²) in [6, 6.07) is 7.48. The second-order valence-electron chi connectivity index (χ2n) is 6.24. The monoisotopic (exact) mass is 377 g/mol. The van der Waals surface area contributed by atoms with Gasteiger partial charge in [0.15, 0.2) is 0 Å². The lowest BCUT2D eigenvalue weighted by atomic mass is 9.96. The fourth-order valence-electron chi connectivity index (χ4n) is 2.86. The number of hydrogen-bond acceptors (Lipinski definition) is 6. The van der Waals surface area contributed by atoms with Crippen LogP contribution in [0.4, 0.5) is 0 Å². The number of ether oxygens (including phenoxy) is 1. The van der Waals surface area contributed by atoms with Crippen molar-refractivity contribution >= 4 is 11.8 Å². The predicted molar refractivity (Wildman–Crippen MR) is 110 cm³/mol. The number of carbonyl (C=O) groups excluding carboxylic acids is 1. The van der Waals surface area contributed by atoms with E-state index in [-0.39, 0.29) is 5.91 Å². The van der Waals surface area contributed by atoms with Crippen LogP contribution in [-0.2, 0) is 6.42 Å². The van der Waals surface area contributed by atoms with E-state index >= 15 is 0 Å². The molecule has 0 spiro atoms. The van der Waals surface area contributed by atoms with Gasteiger partial charge in [0.1, 0.15) is 5.75 Å². The van der Waals surface area contributed by atoms with Gasteiger partial charge in [-0.2, -0.15) is 0 Å². The highest BCUT2D eigenvalue weighted by Gasteiger charge is 2.12. The Hall–Kier alpha value is -3.29. The average Bonchev–Trinajstić information content (AvgIpc) is 3.00. The molecular formula is C21H23N5O2. The van der Waals surface area contributed by atoms with E-state index in [1.807, 2.05) is 36.4 Å². The number of nitrogens with one attached hydrogen (secondary N) is 1. The van der Waals surface area contributed by atoms with Crippen LogP contribution in [0.25, 0.3) is 11.1 Å². The number of nitrogens with two attached hydrogens (primary N) is 2. The van der Waals surface area contributed by atoms with Crippen LogP contribution in [0.3, 0.4) is 0 Å². The van der Waals surface area contributed by atoms with Crippen LogP contribution < -0.4 is 21.7 Å². The van der Waals surface area contributed by atoms with Crippen LogP contribution >= 0.6 is 0 Å². The topological polar surface area (TPSA) is 116 Å². The van der Waals surface area contributed by atoms with Crippen LogP contribution in [0.15, 0.2) is 66.1 Å². The van der Waals surface area contributed by atoms with Gasteiger partial charge in [-0.1, -0.05) is 24.3 Å². The van der Waals surface area contributed by atoms with Crippen LogP contribution in [0.5, 0.6) is 5.75 Å². The molecule has 7 heteroatoms. The minimum absolute atomic E-state index is 0.319. The molecule has 0 radical (unpaired) electrons. The van der Waals surface area contributed by atoms with Gasteiger partial charge in [-0.15, -0.1) is 0 Å². The minimum atomic E-state index is -0.319.